The Kier molecular flexibility index (Phi) is 2.54. The Morgan fingerprint density at radius 3 is 2.40 bits per heavy atom. The lowest BCUT2D eigenvalue weighted by Crippen LogP contribution is -2.15. The second-order valence-corrected chi connectivity index (χ2v) is 3.05. The number of hydrogen-bond acceptors (Lipinski definition) is 2. The van der Waals surface area contributed by atoms with Gasteiger partial charge < -0.3 is 4.74 Å². The number of rotatable bonds is 2. The minimum atomic E-state index is -0.0548. The minimum absolute atomic E-state index is 0.0548. The highest BCUT2D eigenvalue weighted by atomic mass is 16.5. The van der Waals surface area contributed by atoms with Crippen LogP contribution in [0.1, 0.15) is 0 Å². The number of nitrogens with zero attached hydrogens (tertiary/aromatic N) is 1. The van der Waals surface area contributed by atoms with E-state index in [1.54, 1.807) is 29.0 Å². The third-order valence-corrected chi connectivity index (χ3v) is 2.10. The summed E-state index contributed by atoms with van der Waals surface area (Å²) in [5.74, 6) is 0.669. The molecule has 0 aliphatic rings. The molecule has 1 aromatic heterocycles. The highest BCUT2D eigenvalue weighted by Gasteiger charge is 1.97. The summed E-state index contributed by atoms with van der Waals surface area (Å²) in [7, 11) is 3.31. The molecule has 0 N–H and O–H groups in total. The van der Waals surface area contributed by atoms with E-state index in [2.05, 4.69) is 7.11 Å². The number of benzene rings is 1. The van der Waals surface area contributed by atoms with Crippen LogP contribution in [0.2, 0.25) is 0 Å². The van der Waals surface area contributed by atoms with Gasteiger partial charge in [0, 0.05) is 18.0 Å². The van der Waals surface area contributed by atoms with Crippen molar-refractivity contribution in [1.82, 2.24) is 4.57 Å². The lowest BCUT2D eigenvalue weighted by atomic mass is 10.3. The van der Waals surface area contributed by atoms with E-state index >= 15 is 0 Å². The number of ether oxygens (including phenoxy) is 1. The van der Waals surface area contributed by atoms with Gasteiger partial charge in [-0.15, -0.1) is 0 Å². The standard InChI is InChI=1S/C12H10NO2/c1-15-11-7-5-10(6-8-11)13-9-3-2-4-12(13)14/h2-9H,1H2. The van der Waals surface area contributed by atoms with Gasteiger partial charge in [0.2, 0.25) is 0 Å². The highest BCUT2D eigenvalue weighted by molar-refractivity contribution is 5.37. The molecule has 0 aliphatic heterocycles. The van der Waals surface area contributed by atoms with Gasteiger partial charge in [0.05, 0.1) is 0 Å². The molecular weight excluding hydrogens is 190 g/mol. The average Bonchev–Trinajstić information content (AvgIpc) is 2.30. The van der Waals surface area contributed by atoms with Gasteiger partial charge in [0.1, 0.15) is 12.9 Å². The van der Waals surface area contributed by atoms with Gasteiger partial charge in [-0.3, -0.25) is 9.36 Å². The van der Waals surface area contributed by atoms with Crippen molar-refractivity contribution in [3.05, 3.63) is 66.1 Å². The fraction of sp³-hybridized carbons (Fsp3) is 0. The molecule has 0 amide bonds. The smallest absolute Gasteiger partial charge is 0.255 e. The zero-order chi connectivity index (χ0) is 10.7. The average molecular weight is 200 g/mol. The van der Waals surface area contributed by atoms with Crippen LogP contribution >= 0.6 is 0 Å². The number of aromatic nitrogens is 1. The molecule has 0 atom stereocenters. The second-order valence-electron chi connectivity index (χ2n) is 3.05. The van der Waals surface area contributed by atoms with Gasteiger partial charge in [0.15, 0.2) is 0 Å². The maximum Gasteiger partial charge on any atom is 0.255 e. The summed E-state index contributed by atoms with van der Waals surface area (Å²) in [4.78, 5) is 11.5. The molecule has 0 unspecified atom stereocenters. The monoisotopic (exact) mass is 200 g/mol. The zero-order valence-corrected chi connectivity index (χ0v) is 8.09. The van der Waals surface area contributed by atoms with Crippen molar-refractivity contribution in [2.45, 2.75) is 0 Å². The summed E-state index contributed by atoms with van der Waals surface area (Å²) >= 11 is 0. The predicted octanol–water partition coefficient (Wildman–Crippen LogP) is 2.01. The van der Waals surface area contributed by atoms with Gasteiger partial charge in [-0.2, -0.15) is 0 Å². The van der Waals surface area contributed by atoms with E-state index in [9.17, 15) is 4.79 Å². The van der Waals surface area contributed by atoms with Gasteiger partial charge in [-0.05, 0) is 30.3 Å². The Bertz CT molecular complexity index is 500. The van der Waals surface area contributed by atoms with E-state index in [4.69, 9.17) is 4.74 Å². The van der Waals surface area contributed by atoms with Crippen LogP contribution in [0.3, 0.4) is 0 Å². The first-order chi connectivity index (χ1) is 7.31. The summed E-state index contributed by atoms with van der Waals surface area (Å²) in [6, 6.07) is 12.2. The van der Waals surface area contributed by atoms with Crippen LogP contribution in [0.4, 0.5) is 0 Å². The van der Waals surface area contributed by atoms with Crippen LogP contribution in [-0.2, 0) is 0 Å². The van der Waals surface area contributed by atoms with Crippen molar-refractivity contribution in [2.24, 2.45) is 0 Å². The normalized spacial score (nSPS) is 9.93. The number of hydrogen-bond donors (Lipinski definition) is 0. The third-order valence-electron chi connectivity index (χ3n) is 2.10. The van der Waals surface area contributed by atoms with E-state index in [1.165, 1.54) is 6.07 Å². The Morgan fingerprint density at radius 2 is 1.80 bits per heavy atom. The fourth-order valence-corrected chi connectivity index (χ4v) is 1.34. The molecular formula is C12H10NO2. The first-order valence-electron chi connectivity index (χ1n) is 4.51. The maximum atomic E-state index is 11.5. The van der Waals surface area contributed by atoms with Crippen LogP contribution in [0.5, 0.6) is 5.75 Å². The summed E-state index contributed by atoms with van der Waals surface area (Å²) < 4.78 is 6.36. The zero-order valence-electron chi connectivity index (χ0n) is 8.09. The first kappa shape index (κ1) is 9.52. The molecule has 0 aliphatic carbocycles. The van der Waals surface area contributed by atoms with Gasteiger partial charge in [0.25, 0.3) is 5.56 Å². The predicted molar refractivity (Wildman–Crippen MR) is 58.0 cm³/mol. The summed E-state index contributed by atoms with van der Waals surface area (Å²) in [6.45, 7) is 0. The molecule has 0 saturated carbocycles. The van der Waals surface area contributed by atoms with Crippen LogP contribution in [-0.4, -0.2) is 4.57 Å². The lowest BCUT2D eigenvalue weighted by molar-refractivity contribution is 0.473. The third kappa shape index (κ3) is 1.91. The summed E-state index contributed by atoms with van der Waals surface area (Å²) in [6.07, 6.45) is 1.72. The molecule has 0 spiro atoms. The lowest BCUT2D eigenvalue weighted by Gasteiger charge is -2.05. The molecule has 1 aromatic carbocycles. The molecule has 1 heterocycles. The van der Waals surface area contributed by atoms with Crippen LogP contribution in [0.25, 0.3) is 5.69 Å². The van der Waals surface area contributed by atoms with E-state index in [-0.39, 0.29) is 5.56 Å². The molecule has 15 heavy (non-hydrogen) atoms. The van der Waals surface area contributed by atoms with Crippen molar-refractivity contribution >= 4 is 0 Å². The molecule has 3 heteroatoms. The van der Waals surface area contributed by atoms with E-state index in [0.29, 0.717) is 5.75 Å². The largest absolute Gasteiger partial charge is 0.490 e. The topological polar surface area (TPSA) is 31.2 Å². The summed E-state index contributed by atoms with van der Waals surface area (Å²) in [5, 5.41) is 0. The van der Waals surface area contributed by atoms with Crippen molar-refractivity contribution < 1.29 is 4.74 Å². The molecule has 1 radical (unpaired) electrons. The van der Waals surface area contributed by atoms with Gasteiger partial charge >= 0.3 is 0 Å². The van der Waals surface area contributed by atoms with Crippen molar-refractivity contribution in [2.75, 3.05) is 0 Å². The van der Waals surface area contributed by atoms with E-state index in [1.807, 2.05) is 18.2 Å². The Morgan fingerprint density at radius 1 is 1.07 bits per heavy atom. The van der Waals surface area contributed by atoms with Crippen LogP contribution < -0.4 is 10.3 Å². The molecule has 0 fully saturated rings. The minimum Gasteiger partial charge on any atom is -0.490 e. The maximum absolute atomic E-state index is 11.5. The summed E-state index contributed by atoms with van der Waals surface area (Å²) in [5.41, 5.74) is 0.752. The van der Waals surface area contributed by atoms with Gasteiger partial charge in [-0.25, -0.2) is 0 Å². The highest BCUT2D eigenvalue weighted by Crippen LogP contribution is 2.13. The van der Waals surface area contributed by atoms with E-state index < -0.39 is 0 Å². The molecule has 2 rings (SSSR count). The molecule has 3 nitrogen and oxygen atoms in total. The Balaban J connectivity index is 2.46. The fourth-order valence-electron chi connectivity index (χ4n) is 1.34. The molecule has 0 saturated heterocycles. The van der Waals surface area contributed by atoms with Gasteiger partial charge in [-0.1, -0.05) is 6.07 Å². The molecule has 75 valence electrons. The van der Waals surface area contributed by atoms with Crippen molar-refractivity contribution in [1.29, 1.82) is 0 Å². The van der Waals surface area contributed by atoms with E-state index in [0.717, 1.165) is 5.69 Å². The number of pyridine rings is 1. The van der Waals surface area contributed by atoms with Crippen molar-refractivity contribution in [3.8, 4) is 11.4 Å². The van der Waals surface area contributed by atoms with Crippen LogP contribution in [0, 0.1) is 7.11 Å². The molecule has 2 aromatic rings. The quantitative estimate of drug-likeness (QED) is 0.742. The Hall–Kier alpha value is -2.03. The van der Waals surface area contributed by atoms with Crippen LogP contribution in [0.15, 0.2) is 53.5 Å². The second kappa shape index (κ2) is 4.00. The van der Waals surface area contributed by atoms with Crippen molar-refractivity contribution in [3.63, 3.8) is 0 Å². The first-order valence-corrected chi connectivity index (χ1v) is 4.51. The molecule has 0 bridgehead atoms. The SMILES string of the molecule is [CH2]Oc1ccc(-n2ccccc2=O)cc1. The Labute approximate surface area is 87.6 Å².